The van der Waals surface area contributed by atoms with Crippen LogP contribution in [-0.4, -0.2) is 28.6 Å². The molecule has 0 fully saturated rings. The second-order valence-corrected chi connectivity index (χ2v) is 5.92. The van der Waals surface area contributed by atoms with Crippen LogP contribution in [0.5, 0.6) is 5.75 Å². The van der Waals surface area contributed by atoms with Crippen LogP contribution in [0.25, 0.3) is 10.9 Å². The summed E-state index contributed by atoms with van der Waals surface area (Å²) in [5, 5.41) is 12.6. The molecule has 138 valence electrons. The number of pyridine rings is 1. The van der Waals surface area contributed by atoms with Crippen molar-refractivity contribution >= 4 is 28.5 Å². The minimum absolute atomic E-state index is 0.0521. The minimum Gasteiger partial charge on any atom is -0.494 e. The molecule has 0 saturated carbocycles. The molecular formula is C20H18N2O5. The number of para-hydroxylation sites is 1. The minimum atomic E-state index is -1.09. The van der Waals surface area contributed by atoms with Crippen molar-refractivity contribution < 1.29 is 19.4 Å². The summed E-state index contributed by atoms with van der Waals surface area (Å²) in [7, 11) is 0. The number of fused-ring (bicyclic) bond motifs is 1. The number of nitrogens with one attached hydrogen (secondary N) is 2. The Morgan fingerprint density at radius 1 is 1.07 bits per heavy atom. The molecule has 0 aliphatic heterocycles. The highest BCUT2D eigenvalue weighted by Gasteiger charge is 2.11. The number of aromatic amines is 1. The number of hydrogen-bond donors (Lipinski definition) is 3. The molecule has 27 heavy (non-hydrogen) atoms. The zero-order valence-electron chi connectivity index (χ0n) is 14.4. The fraction of sp³-hybridized carbons (Fsp3) is 0.150. The molecule has 0 bridgehead atoms. The standard InChI is InChI=1S/C20H18N2O5/c23-18(22-17-5-2-1-4-15(17)20(25)26)6-3-11-27-14-8-9-16-13(12-14)7-10-19(24)21-16/h1-2,4-5,7-10,12H,3,6,11H2,(H,21,24)(H,22,23)(H,25,26). The van der Waals surface area contributed by atoms with Crippen molar-refractivity contribution in [3.8, 4) is 5.75 Å². The van der Waals surface area contributed by atoms with E-state index in [4.69, 9.17) is 9.84 Å². The van der Waals surface area contributed by atoms with Gasteiger partial charge in [0.1, 0.15) is 5.75 Å². The van der Waals surface area contributed by atoms with Gasteiger partial charge >= 0.3 is 5.97 Å². The highest BCUT2D eigenvalue weighted by atomic mass is 16.5. The van der Waals surface area contributed by atoms with Gasteiger partial charge in [-0.25, -0.2) is 4.79 Å². The molecule has 0 radical (unpaired) electrons. The first-order valence-corrected chi connectivity index (χ1v) is 8.41. The quantitative estimate of drug-likeness (QED) is 0.557. The summed E-state index contributed by atoms with van der Waals surface area (Å²) in [6.45, 7) is 0.336. The predicted molar refractivity (Wildman–Crippen MR) is 101 cm³/mol. The Morgan fingerprint density at radius 3 is 2.70 bits per heavy atom. The highest BCUT2D eigenvalue weighted by molar-refractivity contribution is 6.00. The predicted octanol–water partition coefficient (Wildman–Crippen LogP) is 3.02. The van der Waals surface area contributed by atoms with E-state index >= 15 is 0 Å². The Morgan fingerprint density at radius 2 is 1.89 bits per heavy atom. The van der Waals surface area contributed by atoms with Gasteiger partial charge in [0, 0.05) is 23.4 Å². The molecule has 1 heterocycles. The first-order valence-electron chi connectivity index (χ1n) is 8.41. The number of amides is 1. The number of ether oxygens (including phenoxy) is 1. The summed E-state index contributed by atoms with van der Waals surface area (Å²) in [5.74, 6) is -0.721. The smallest absolute Gasteiger partial charge is 0.337 e. The van der Waals surface area contributed by atoms with Crippen molar-refractivity contribution in [3.05, 3.63) is 70.5 Å². The van der Waals surface area contributed by atoms with Crippen LogP contribution < -0.4 is 15.6 Å². The van der Waals surface area contributed by atoms with Crippen molar-refractivity contribution in [1.82, 2.24) is 4.98 Å². The number of carboxylic acids is 1. The van der Waals surface area contributed by atoms with E-state index in [2.05, 4.69) is 10.3 Å². The van der Waals surface area contributed by atoms with Gasteiger partial charge in [0.15, 0.2) is 0 Å². The zero-order valence-corrected chi connectivity index (χ0v) is 14.4. The Balaban J connectivity index is 1.50. The van der Waals surface area contributed by atoms with Crippen LogP contribution >= 0.6 is 0 Å². The van der Waals surface area contributed by atoms with Gasteiger partial charge in [0.25, 0.3) is 0 Å². The number of anilines is 1. The van der Waals surface area contributed by atoms with Gasteiger partial charge in [-0.3, -0.25) is 9.59 Å². The van der Waals surface area contributed by atoms with Crippen LogP contribution in [-0.2, 0) is 4.79 Å². The maximum Gasteiger partial charge on any atom is 0.337 e. The van der Waals surface area contributed by atoms with Crippen LogP contribution in [0.15, 0.2) is 59.4 Å². The molecule has 2 aromatic carbocycles. The van der Waals surface area contributed by atoms with Crippen molar-refractivity contribution in [2.45, 2.75) is 12.8 Å². The van der Waals surface area contributed by atoms with Gasteiger partial charge in [-0.05, 0) is 42.8 Å². The number of aromatic nitrogens is 1. The molecule has 3 aromatic rings. The number of aromatic carboxylic acids is 1. The maximum absolute atomic E-state index is 12.0. The Hall–Kier alpha value is -3.61. The fourth-order valence-corrected chi connectivity index (χ4v) is 2.64. The third-order valence-corrected chi connectivity index (χ3v) is 3.94. The van der Waals surface area contributed by atoms with Gasteiger partial charge in [0.05, 0.1) is 17.9 Å². The van der Waals surface area contributed by atoms with Gasteiger partial charge in [-0.1, -0.05) is 12.1 Å². The van der Waals surface area contributed by atoms with E-state index < -0.39 is 5.97 Å². The van der Waals surface area contributed by atoms with Gasteiger partial charge in [-0.2, -0.15) is 0 Å². The largest absolute Gasteiger partial charge is 0.494 e. The third-order valence-electron chi connectivity index (χ3n) is 3.94. The number of carboxylic acid groups (broad SMARTS) is 1. The van der Waals surface area contributed by atoms with E-state index in [1.807, 2.05) is 6.07 Å². The molecule has 7 nitrogen and oxygen atoms in total. The third kappa shape index (κ3) is 4.72. The van der Waals surface area contributed by atoms with E-state index in [9.17, 15) is 14.4 Å². The SMILES string of the molecule is O=C(CCCOc1ccc2[nH]c(=O)ccc2c1)Nc1ccccc1C(=O)O. The summed E-state index contributed by atoms with van der Waals surface area (Å²) in [4.78, 5) is 37.2. The number of rotatable bonds is 7. The Kier molecular flexibility index (Phi) is 5.51. The lowest BCUT2D eigenvalue weighted by Gasteiger charge is -2.09. The molecule has 0 aliphatic carbocycles. The number of H-pyrrole nitrogens is 1. The molecular weight excluding hydrogens is 348 g/mol. The van der Waals surface area contributed by atoms with Crippen LogP contribution in [0.4, 0.5) is 5.69 Å². The fourth-order valence-electron chi connectivity index (χ4n) is 2.64. The summed E-state index contributed by atoms with van der Waals surface area (Å²) in [6, 6.07) is 14.8. The molecule has 7 heteroatoms. The van der Waals surface area contributed by atoms with E-state index in [1.165, 1.54) is 12.1 Å². The van der Waals surface area contributed by atoms with Crippen LogP contribution in [0, 0.1) is 0 Å². The Labute approximate surface area is 154 Å². The molecule has 0 unspecified atom stereocenters. The average Bonchev–Trinajstić information content (AvgIpc) is 2.65. The summed E-state index contributed by atoms with van der Waals surface area (Å²) < 4.78 is 5.64. The second kappa shape index (κ2) is 8.18. The second-order valence-electron chi connectivity index (χ2n) is 5.92. The topological polar surface area (TPSA) is 108 Å². The van der Waals surface area contributed by atoms with Crippen LogP contribution in [0.3, 0.4) is 0 Å². The number of carbonyl (C=O) groups is 2. The van der Waals surface area contributed by atoms with Gasteiger partial charge in [-0.15, -0.1) is 0 Å². The lowest BCUT2D eigenvalue weighted by molar-refractivity contribution is -0.116. The van der Waals surface area contributed by atoms with Crippen molar-refractivity contribution in [1.29, 1.82) is 0 Å². The van der Waals surface area contributed by atoms with Crippen molar-refractivity contribution in [2.75, 3.05) is 11.9 Å². The maximum atomic E-state index is 12.0. The monoisotopic (exact) mass is 366 g/mol. The molecule has 0 aliphatic rings. The van der Waals surface area contributed by atoms with E-state index in [0.717, 1.165) is 10.9 Å². The van der Waals surface area contributed by atoms with E-state index in [-0.39, 0.29) is 29.1 Å². The highest BCUT2D eigenvalue weighted by Crippen LogP contribution is 2.19. The molecule has 1 aromatic heterocycles. The molecule has 0 saturated heterocycles. The van der Waals surface area contributed by atoms with Crippen LogP contribution in [0.2, 0.25) is 0 Å². The average molecular weight is 366 g/mol. The summed E-state index contributed by atoms with van der Waals surface area (Å²) in [6.07, 6.45) is 0.680. The van der Waals surface area contributed by atoms with Gasteiger partial charge in [0.2, 0.25) is 11.5 Å². The number of carbonyl (C=O) groups excluding carboxylic acids is 1. The molecule has 3 N–H and O–H groups in total. The summed E-state index contributed by atoms with van der Waals surface area (Å²) in [5.41, 5.74) is 0.897. The lowest BCUT2D eigenvalue weighted by atomic mass is 10.1. The normalized spacial score (nSPS) is 10.5. The van der Waals surface area contributed by atoms with Crippen molar-refractivity contribution in [3.63, 3.8) is 0 Å². The molecule has 0 spiro atoms. The van der Waals surface area contributed by atoms with Gasteiger partial charge < -0.3 is 20.1 Å². The summed E-state index contributed by atoms with van der Waals surface area (Å²) >= 11 is 0. The zero-order chi connectivity index (χ0) is 19.2. The Bertz CT molecular complexity index is 1040. The molecule has 0 atom stereocenters. The first kappa shape index (κ1) is 18.2. The first-order chi connectivity index (χ1) is 13.0. The van der Waals surface area contributed by atoms with Crippen LogP contribution in [0.1, 0.15) is 23.2 Å². The number of hydrogen-bond acceptors (Lipinski definition) is 4. The van der Waals surface area contributed by atoms with E-state index in [0.29, 0.717) is 18.8 Å². The number of benzene rings is 2. The van der Waals surface area contributed by atoms with E-state index in [1.54, 1.807) is 36.4 Å². The molecule has 1 amide bonds. The lowest BCUT2D eigenvalue weighted by Crippen LogP contribution is -2.15. The molecule has 3 rings (SSSR count). The van der Waals surface area contributed by atoms with Crippen molar-refractivity contribution in [2.24, 2.45) is 0 Å².